The summed E-state index contributed by atoms with van der Waals surface area (Å²) in [6.07, 6.45) is 0. The van der Waals surface area contributed by atoms with Crippen LogP contribution in [0.1, 0.15) is 29.8 Å². The second kappa shape index (κ2) is 8.87. The van der Waals surface area contributed by atoms with E-state index < -0.39 is 0 Å². The first-order chi connectivity index (χ1) is 12.0. The summed E-state index contributed by atoms with van der Waals surface area (Å²) in [5, 5.41) is 5.94. The van der Waals surface area contributed by atoms with E-state index in [-0.39, 0.29) is 24.4 Å². The molecule has 5 heteroatoms. The Bertz CT molecular complexity index is 697. The van der Waals surface area contributed by atoms with Crippen LogP contribution in [0.4, 0.5) is 5.69 Å². The van der Waals surface area contributed by atoms with E-state index in [1.807, 2.05) is 44.2 Å². The number of anilines is 1. The molecule has 0 saturated carbocycles. The molecule has 2 aromatic rings. The van der Waals surface area contributed by atoms with E-state index in [1.165, 1.54) is 0 Å². The van der Waals surface area contributed by atoms with Crippen molar-refractivity contribution >= 4 is 17.5 Å². The smallest absolute Gasteiger partial charge is 0.251 e. The van der Waals surface area contributed by atoms with Gasteiger partial charge in [-0.3, -0.25) is 9.59 Å². The van der Waals surface area contributed by atoms with Crippen LogP contribution in [0.15, 0.2) is 54.6 Å². The van der Waals surface area contributed by atoms with Gasteiger partial charge in [0.2, 0.25) is 5.91 Å². The number of likely N-dealkylation sites (N-methyl/N-ethyl adjacent to an activating group) is 1. The number of carbonyl (C=O) groups is 2. The molecule has 0 heterocycles. The molecule has 0 aliphatic heterocycles. The Hall–Kier alpha value is -2.82. The van der Waals surface area contributed by atoms with Crippen molar-refractivity contribution in [3.8, 4) is 0 Å². The third kappa shape index (κ3) is 5.95. The lowest BCUT2D eigenvalue weighted by Crippen LogP contribution is -2.31. The van der Waals surface area contributed by atoms with Gasteiger partial charge in [0.15, 0.2) is 0 Å². The summed E-state index contributed by atoms with van der Waals surface area (Å²) < 4.78 is 0. The maximum Gasteiger partial charge on any atom is 0.251 e. The number of hydrogen-bond acceptors (Lipinski definition) is 3. The molecule has 2 aromatic carbocycles. The number of nitrogens with zero attached hydrogens (tertiary/aromatic N) is 1. The molecule has 2 N–H and O–H groups in total. The first kappa shape index (κ1) is 18.5. The van der Waals surface area contributed by atoms with Crippen molar-refractivity contribution in [2.75, 3.05) is 18.9 Å². The molecule has 0 bridgehead atoms. The van der Waals surface area contributed by atoms with Crippen molar-refractivity contribution in [2.45, 2.75) is 26.4 Å². The number of amides is 2. The molecule has 0 fully saturated rings. The molecule has 5 nitrogen and oxygen atoms in total. The van der Waals surface area contributed by atoms with E-state index in [4.69, 9.17) is 0 Å². The van der Waals surface area contributed by atoms with Gasteiger partial charge in [0.05, 0.1) is 6.54 Å². The zero-order valence-corrected chi connectivity index (χ0v) is 15.0. The van der Waals surface area contributed by atoms with Crippen molar-refractivity contribution in [3.63, 3.8) is 0 Å². The van der Waals surface area contributed by atoms with Crippen LogP contribution in [0.2, 0.25) is 0 Å². The SMILES string of the molecule is CC(C)NC(=O)c1ccc(NCC(=O)N(C)Cc2ccccc2)cc1. The summed E-state index contributed by atoms with van der Waals surface area (Å²) in [6.45, 7) is 4.63. The fraction of sp³-hybridized carbons (Fsp3) is 0.300. The molecule has 0 radical (unpaired) electrons. The molecule has 0 aliphatic rings. The lowest BCUT2D eigenvalue weighted by atomic mass is 10.2. The number of carbonyl (C=O) groups excluding carboxylic acids is 2. The third-order valence-corrected chi connectivity index (χ3v) is 3.70. The van der Waals surface area contributed by atoms with Crippen LogP contribution >= 0.6 is 0 Å². The number of benzene rings is 2. The minimum atomic E-state index is -0.0970. The Morgan fingerprint density at radius 1 is 1.00 bits per heavy atom. The largest absolute Gasteiger partial charge is 0.376 e. The van der Waals surface area contributed by atoms with Crippen molar-refractivity contribution in [3.05, 3.63) is 65.7 Å². The van der Waals surface area contributed by atoms with E-state index in [2.05, 4.69) is 10.6 Å². The summed E-state index contributed by atoms with van der Waals surface area (Å²) in [6, 6.07) is 17.1. The van der Waals surface area contributed by atoms with Gasteiger partial charge in [-0.15, -0.1) is 0 Å². The summed E-state index contributed by atoms with van der Waals surface area (Å²) in [7, 11) is 1.79. The van der Waals surface area contributed by atoms with Gasteiger partial charge in [0.25, 0.3) is 5.91 Å². The maximum absolute atomic E-state index is 12.2. The highest BCUT2D eigenvalue weighted by atomic mass is 16.2. The standard InChI is InChI=1S/C20H25N3O2/c1-15(2)22-20(25)17-9-11-18(12-10-17)21-13-19(24)23(3)14-16-7-5-4-6-8-16/h4-12,15,21H,13-14H2,1-3H3,(H,22,25). The van der Waals surface area contributed by atoms with Crippen LogP contribution in [-0.2, 0) is 11.3 Å². The van der Waals surface area contributed by atoms with Crippen LogP contribution in [0.5, 0.6) is 0 Å². The number of hydrogen-bond donors (Lipinski definition) is 2. The van der Waals surface area contributed by atoms with Crippen LogP contribution in [0.3, 0.4) is 0 Å². The van der Waals surface area contributed by atoms with Gasteiger partial charge in [-0.2, -0.15) is 0 Å². The molecule has 2 rings (SSSR count). The maximum atomic E-state index is 12.2. The summed E-state index contributed by atoms with van der Waals surface area (Å²) in [5.41, 5.74) is 2.51. The Balaban J connectivity index is 1.84. The summed E-state index contributed by atoms with van der Waals surface area (Å²) in [5.74, 6) is -0.0919. The fourth-order valence-electron chi connectivity index (χ4n) is 2.34. The molecule has 25 heavy (non-hydrogen) atoms. The van der Waals surface area contributed by atoms with Crippen molar-refractivity contribution in [2.24, 2.45) is 0 Å². The molecule has 0 aromatic heterocycles. The predicted molar refractivity (Wildman–Crippen MR) is 100 cm³/mol. The summed E-state index contributed by atoms with van der Waals surface area (Å²) in [4.78, 5) is 25.8. The van der Waals surface area contributed by atoms with Gasteiger partial charge >= 0.3 is 0 Å². The quantitative estimate of drug-likeness (QED) is 0.815. The van der Waals surface area contributed by atoms with Crippen LogP contribution in [-0.4, -0.2) is 36.3 Å². The Morgan fingerprint density at radius 2 is 1.64 bits per heavy atom. The molecule has 0 unspecified atom stereocenters. The lowest BCUT2D eigenvalue weighted by molar-refractivity contribution is -0.128. The molecule has 0 spiro atoms. The van der Waals surface area contributed by atoms with Gasteiger partial charge in [0, 0.05) is 30.9 Å². The molecular formula is C20H25N3O2. The second-order valence-corrected chi connectivity index (χ2v) is 6.29. The topological polar surface area (TPSA) is 61.4 Å². The molecule has 0 aliphatic carbocycles. The minimum absolute atomic E-state index is 0.00507. The highest BCUT2D eigenvalue weighted by Crippen LogP contribution is 2.10. The Labute approximate surface area is 149 Å². The van der Waals surface area contributed by atoms with Crippen molar-refractivity contribution < 1.29 is 9.59 Å². The van der Waals surface area contributed by atoms with Gasteiger partial charge in [-0.1, -0.05) is 30.3 Å². The van der Waals surface area contributed by atoms with E-state index in [1.54, 1.807) is 36.2 Å². The van der Waals surface area contributed by atoms with Crippen molar-refractivity contribution in [1.82, 2.24) is 10.2 Å². The third-order valence-electron chi connectivity index (χ3n) is 3.70. The predicted octanol–water partition coefficient (Wildman–Crippen LogP) is 2.90. The number of rotatable bonds is 7. The molecular weight excluding hydrogens is 314 g/mol. The van der Waals surface area contributed by atoms with E-state index in [9.17, 15) is 9.59 Å². The van der Waals surface area contributed by atoms with Gasteiger partial charge in [0.1, 0.15) is 0 Å². The van der Waals surface area contributed by atoms with Crippen LogP contribution < -0.4 is 10.6 Å². The van der Waals surface area contributed by atoms with Crippen molar-refractivity contribution in [1.29, 1.82) is 0 Å². The lowest BCUT2D eigenvalue weighted by Gasteiger charge is -2.18. The highest BCUT2D eigenvalue weighted by molar-refractivity contribution is 5.94. The van der Waals surface area contributed by atoms with Gasteiger partial charge in [-0.05, 0) is 43.7 Å². The zero-order valence-electron chi connectivity index (χ0n) is 15.0. The van der Waals surface area contributed by atoms with Gasteiger partial charge in [-0.25, -0.2) is 0 Å². The average Bonchev–Trinajstić information content (AvgIpc) is 2.60. The van der Waals surface area contributed by atoms with E-state index >= 15 is 0 Å². The molecule has 132 valence electrons. The first-order valence-electron chi connectivity index (χ1n) is 8.38. The molecule has 0 atom stereocenters. The fourth-order valence-corrected chi connectivity index (χ4v) is 2.34. The Kier molecular flexibility index (Phi) is 6.57. The average molecular weight is 339 g/mol. The highest BCUT2D eigenvalue weighted by Gasteiger charge is 2.10. The van der Waals surface area contributed by atoms with Gasteiger partial charge < -0.3 is 15.5 Å². The molecule has 0 saturated heterocycles. The normalized spacial score (nSPS) is 10.4. The Morgan fingerprint density at radius 3 is 2.24 bits per heavy atom. The minimum Gasteiger partial charge on any atom is -0.376 e. The second-order valence-electron chi connectivity index (χ2n) is 6.29. The van der Waals surface area contributed by atoms with Crippen LogP contribution in [0, 0.1) is 0 Å². The van der Waals surface area contributed by atoms with Crippen LogP contribution in [0.25, 0.3) is 0 Å². The monoisotopic (exact) mass is 339 g/mol. The summed E-state index contributed by atoms with van der Waals surface area (Å²) >= 11 is 0. The first-order valence-corrected chi connectivity index (χ1v) is 8.38. The molecule has 2 amide bonds. The van der Waals surface area contributed by atoms with E-state index in [0.717, 1.165) is 11.3 Å². The van der Waals surface area contributed by atoms with E-state index in [0.29, 0.717) is 12.1 Å². The zero-order chi connectivity index (χ0) is 18.2. The number of nitrogens with one attached hydrogen (secondary N) is 2.